The van der Waals surface area contributed by atoms with E-state index in [0.717, 1.165) is 45.2 Å². The molecule has 0 atom stereocenters. The van der Waals surface area contributed by atoms with Crippen LogP contribution in [0.4, 0.5) is 0 Å². The summed E-state index contributed by atoms with van der Waals surface area (Å²) in [6.07, 6.45) is 4.93. The number of hydrogen-bond acceptors (Lipinski definition) is 5. The summed E-state index contributed by atoms with van der Waals surface area (Å²) in [5, 5.41) is 6.95. The Labute approximate surface area is 190 Å². The van der Waals surface area contributed by atoms with Gasteiger partial charge in [0.25, 0.3) is 0 Å². The topological polar surface area (TPSA) is 61.9 Å². The first-order chi connectivity index (χ1) is 15.0. The molecule has 0 saturated heterocycles. The number of fused-ring (bicyclic) bond motifs is 1. The lowest BCUT2D eigenvalue weighted by Crippen LogP contribution is -2.07. The average Bonchev–Trinajstić information content (AvgIpc) is 3.31. The molecule has 0 aliphatic heterocycles. The first-order valence-corrected chi connectivity index (χ1v) is 11.4. The van der Waals surface area contributed by atoms with Crippen LogP contribution in [0.1, 0.15) is 36.5 Å². The van der Waals surface area contributed by atoms with Crippen molar-refractivity contribution >= 4 is 40.2 Å². The molecule has 0 spiro atoms. The van der Waals surface area contributed by atoms with Gasteiger partial charge in [-0.2, -0.15) is 5.10 Å². The Kier molecular flexibility index (Phi) is 6.34. The highest BCUT2D eigenvalue weighted by Gasteiger charge is 2.19. The number of aromatic nitrogens is 4. The third-order valence-corrected chi connectivity index (χ3v) is 6.25. The number of esters is 1. The Hall–Kier alpha value is -2.77. The van der Waals surface area contributed by atoms with Crippen molar-refractivity contribution in [2.45, 2.75) is 43.7 Å². The van der Waals surface area contributed by atoms with E-state index < -0.39 is 5.97 Å². The van der Waals surface area contributed by atoms with Gasteiger partial charge in [0.05, 0.1) is 24.0 Å². The molecule has 0 radical (unpaired) electrons. The monoisotopic (exact) mass is 454 g/mol. The van der Waals surface area contributed by atoms with Gasteiger partial charge in [0.2, 0.25) is 0 Å². The van der Waals surface area contributed by atoms with Crippen LogP contribution >= 0.6 is 23.4 Å². The number of aryl methyl sites for hydroxylation is 1. The number of benzene rings is 1. The van der Waals surface area contributed by atoms with E-state index in [1.165, 1.54) is 11.8 Å². The molecule has 0 unspecified atom stereocenters. The third kappa shape index (κ3) is 4.34. The second kappa shape index (κ2) is 9.16. The number of hydrogen-bond donors (Lipinski definition) is 0. The normalized spacial score (nSPS) is 11.2. The molecule has 1 aromatic carbocycles. The summed E-state index contributed by atoms with van der Waals surface area (Å²) in [6.45, 7) is 7.16. The second-order valence-electron chi connectivity index (χ2n) is 7.06. The lowest BCUT2D eigenvalue weighted by atomic mass is 10.2. The summed E-state index contributed by atoms with van der Waals surface area (Å²) < 4.78 is 9.20. The smallest absolute Gasteiger partial charge is 0.356 e. The quantitative estimate of drug-likeness (QED) is 0.324. The van der Waals surface area contributed by atoms with E-state index >= 15 is 0 Å². The molecule has 3 aromatic heterocycles. The van der Waals surface area contributed by atoms with Crippen LogP contribution in [0.5, 0.6) is 0 Å². The van der Waals surface area contributed by atoms with Gasteiger partial charge in [0.1, 0.15) is 10.7 Å². The predicted molar refractivity (Wildman–Crippen MR) is 123 cm³/mol. The lowest BCUT2D eigenvalue weighted by molar-refractivity contribution is 0.0518. The molecular formula is C23H23ClN4O2S. The molecule has 8 heteroatoms. The molecule has 0 saturated carbocycles. The number of carbonyl (C=O) groups excluding carboxylic acids is 1. The van der Waals surface area contributed by atoms with Crippen LogP contribution in [0, 0.1) is 6.92 Å². The van der Waals surface area contributed by atoms with Gasteiger partial charge in [0, 0.05) is 33.7 Å². The van der Waals surface area contributed by atoms with Crippen molar-refractivity contribution in [2.24, 2.45) is 0 Å². The van der Waals surface area contributed by atoms with Gasteiger partial charge in [-0.15, -0.1) is 0 Å². The molecule has 4 rings (SSSR count). The Morgan fingerprint density at radius 1 is 1.23 bits per heavy atom. The standard InChI is InChI=1S/C23H23ClN4O2S/c1-4-11-27-14-17(13-25-27)28-15(3)22(18-10-9-16(24)12-20(18)28)31-21-8-6-7-19(26-21)23(29)30-5-2/h6-10,12-14H,4-5,11H2,1-3H3. The summed E-state index contributed by atoms with van der Waals surface area (Å²) in [4.78, 5) is 17.6. The molecule has 6 nitrogen and oxygen atoms in total. The Morgan fingerprint density at radius 2 is 2.06 bits per heavy atom. The van der Waals surface area contributed by atoms with Crippen LogP contribution in [-0.4, -0.2) is 31.9 Å². The summed E-state index contributed by atoms with van der Waals surface area (Å²) in [7, 11) is 0. The first kappa shape index (κ1) is 21.5. The summed E-state index contributed by atoms with van der Waals surface area (Å²) in [5.74, 6) is -0.417. The van der Waals surface area contributed by atoms with Crippen LogP contribution in [-0.2, 0) is 11.3 Å². The Bertz CT molecular complexity index is 1250. The Morgan fingerprint density at radius 3 is 2.84 bits per heavy atom. The summed E-state index contributed by atoms with van der Waals surface area (Å²) >= 11 is 7.86. The van der Waals surface area contributed by atoms with Gasteiger partial charge >= 0.3 is 5.97 Å². The summed E-state index contributed by atoms with van der Waals surface area (Å²) in [6, 6.07) is 11.3. The van der Waals surface area contributed by atoms with E-state index in [2.05, 4.69) is 28.5 Å². The largest absolute Gasteiger partial charge is 0.461 e. The maximum Gasteiger partial charge on any atom is 0.356 e. The van der Waals surface area contributed by atoms with Gasteiger partial charge in [-0.05, 0) is 44.5 Å². The molecule has 0 fully saturated rings. The zero-order chi connectivity index (χ0) is 22.0. The van der Waals surface area contributed by atoms with E-state index in [4.69, 9.17) is 16.3 Å². The van der Waals surface area contributed by atoms with Gasteiger partial charge in [-0.3, -0.25) is 4.68 Å². The van der Waals surface area contributed by atoms with Gasteiger partial charge in [-0.1, -0.05) is 42.4 Å². The fourth-order valence-corrected chi connectivity index (χ4v) is 4.72. The highest BCUT2D eigenvalue weighted by molar-refractivity contribution is 7.99. The molecule has 4 aromatic rings. The number of halogens is 1. The highest BCUT2D eigenvalue weighted by atomic mass is 35.5. The molecule has 31 heavy (non-hydrogen) atoms. The van der Waals surface area contributed by atoms with Crippen molar-refractivity contribution in [1.29, 1.82) is 0 Å². The minimum absolute atomic E-state index is 0.303. The highest BCUT2D eigenvalue weighted by Crippen LogP contribution is 2.40. The maximum absolute atomic E-state index is 12.1. The Balaban J connectivity index is 1.79. The number of rotatable bonds is 7. The van der Waals surface area contributed by atoms with Gasteiger partial charge < -0.3 is 9.30 Å². The van der Waals surface area contributed by atoms with Crippen LogP contribution in [0.25, 0.3) is 16.6 Å². The zero-order valence-electron chi connectivity index (χ0n) is 17.6. The van der Waals surface area contributed by atoms with Crippen molar-refractivity contribution < 1.29 is 9.53 Å². The van der Waals surface area contributed by atoms with Gasteiger partial charge in [-0.25, -0.2) is 9.78 Å². The molecule has 0 amide bonds. The van der Waals surface area contributed by atoms with Crippen LogP contribution in [0.3, 0.4) is 0 Å². The number of carbonyl (C=O) groups is 1. The SMILES string of the molecule is CCCn1cc(-n2c(C)c(Sc3cccc(C(=O)OCC)n3)c3ccc(Cl)cc32)cn1. The van der Waals surface area contributed by atoms with Crippen molar-refractivity contribution in [1.82, 2.24) is 19.3 Å². The van der Waals surface area contributed by atoms with Crippen molar-refractivity contribution in [3.8, 4) is 5.69 Å². The van der Waals surface area contributed by atoms with Gasteiger partial charge in [0.15, 0.2) is 0 Å². The van der Waals surface area contributed by atoms with Crippen molar-refractivity contribution in [2.75, 3.05) is 6.61 Å². The van der Waals surface area contributed by atoms with Crippen molar-refractivity contribution in [3.63, 3.8) is 0 Å². The fourth-order valence-electron chi connectivity index (χ4n) is 3.53. The van der Waals surface area contributed by atoms with E-state index in [0.29, 0.717) is 17.3 Å². The predicted octanol–water partition coefficient (Wildman–Crippen LogP) is 5.92. The minimum Gasteiger partial charge on any atom is -0.461 e. The first-order valence-electron chi connectivity index (χ1n) is 10.2. The van der Waals surface area contributed by atoms with E-state index in [-0.39, 0.29) is 0 Å². The molecule has 0 N–H and O–H groups in total. The maximum atomic E-state index is 12.1. The average molecular weight is 455 g/mol. The van der Waals surface area contributed by atoms with Crippen LogP contribution in [0.15, 0.2) is 58.7 Å². The van der Waals surface area contributed by atoms with Crippen molar-refractivity contribution in [3.05, 3.63) is 65.2 Å². The van der Waals surface area contributed by atoms with E-state index in [1.54, 1.807) is 13.0 Å². The number of ether oxygens (including phenoxy) is 1. The fraction of sp³-hybridized carbons (Fsp3) is 0.261. The summed E-state index contributed by atoms with van der Waals surface area (Å²) in [5.41, 5.74) is 3.35. The number of pyridine rings is 1. The molecule has 160 valence electrons. The zero-order valence-corrected chi connectivity index (χ0v) is 19.2. The molecule has 0 aliphatic carbocycles. The van der Waals surface area contributed by atoms with Crippen LogP contribution in [0.2, 0.25) is 5.02 Å². The molecule has 0 aliphatic rings. The third-order valence-electron chi connectivity index (χ3n) is 4.85. The van der Waals surface area contributed by atoms with E-state index in [9.17, 15) is 4.79 Å². The van der Waals surface area contributed by atoms with E-state index in [1.807, 2.05) is 47.4 Å². The second-order valence-corrected chi connectivity index (χ2v) is 8.52. The molecule has 3 heterocycles. The molecular weight excluding hydrogens is 432 g/mol. The lowest BCUT2D eigenvalue weighted by Gasteiger charge is -2.07. The molecule has 0 bridgehead atoms. The number of nitrogens with zero attached hydrogens (tertiary/aromatic N) is 4. The minimum atomic E-state index is -0.417. The van der Waals surface area contributed by atoms with Crippen LogP contribution < -0.4 is 0 Å².